The van der Waals surface area contributed by atoms with Gasteiger partial charge < -0.3 is 19.5 Å². The zero-order chi connectivity index (χ0) is 14.5. The van der Waals surface area contributed by atoms with Crippen LogP contribution in [-0.4, -0.2) is 30.8 Å². The highest BCUT2D eigenvalue weighted by Crippen LogP contribution is 2.41. The van der Waals surface area contributed by atoms with Gasteiger partial charge in [-0.25, -0.2) is 0 Å². The summed E-state index contributed by atoms with van der Waals surface area (Å²) in [6.45, 7) is 5.08. The summed E-state index contributed by atoms with van der Waals surface area (Å²) >= 11 is 0. The molecule has 0 fully saturated rings. The molecule has 5 heteroatoms. The van der Waals surface area contributed by atoms with Crippen molar-refractivity contribution in [3.8, 4) is 11.5 Å². The molecule has 110 valence electrons. The molecule has 20 heavy (non-hydrogen) atoms. The lowest BCUT2D eigenvalue weighted by Gasteiger charge is -2.31. The molecule has 0 unspecified atom stereocenters. The summed E-state index contributed by atoms with van der Waals surface area (Å²) < 4.78 is 11.1. The van der Waals surface area contributed by atoms with Crippen LogP contribution in [0.3, 0.4) is 0 Å². The molecule has 0 aromatic heterocycles. The molecule has 0 aliphatic carbocycles. The van der Waals surface area contributed by atoms with Gasteiger partial charge in [-0.2, -0.15) is 0 Å². The average molecular weight is 279 g/mol. The first kappa shape index (κ1) is 14.7. The molecule has 1 N–H and O–H groups in total. The monoisotopic (exact) mass is 279 g/mol. The van der Waals surface area contributed by atoms with Gasteiger partial charge in [0.05, 0.1) is 18.9 Å². The van der Waals surface area contributed by atoms with E-state index in [1.807, 2.05) is 6.92 Å². The Labute approximate surface area is 119 Å². The molecule has 5 nitrogen and oxygen atoms in total. The first-order valence-electron chi connectivity index (χ1n) is 7.05. The van der Waals surface area contributed by atoms with E-state index < -0.39 is 0 Å². The van der Waals surface area contributed by atoms with E-state index in [0.717, 1.165) is 12.8 Å². The third kappa shape index (κ3) is 2.88. The molecule has 1 amide bonds. The number of rotatable bonds is 6. The number of fused-ring (bicyclic) bond motifs is 1. The first-order chi connectivity index (χ1) is 9.71. The Balaban J connectivity index is 2.43. The van der Waals surface area contributed by atoms with Crippen LogP contribution in [0.25, 0.3) is 0 Å². The van der Waals surface area contributed by atoms with E-state index in [1.54, 1.807) is 17.0 Å². The van der Waals surface area contributed by atoms with Crippen molar-refractivity contribution in [3.05, 3.63) is 17.7 Å². The topological polar surface area (TPSA) is 59.0 Å². The van der Waals surface area contributed by atoms with Gasteiger partial charge in [0.15, 0.2) is 18.1 Å². The molecule has 0 saturated carbocycles. The van der Waals surface area contributed by atoms with E-state index >= 15 is 0 Å². The summed E-state index contributed by atoms with van der Waals surface area (Å²) in [6.07, 6.45) is 1.94. The largest absolute Gasteiger partial charge is 0.490 e. The Morgan fingerprint density at radius 2 is 2.20 bits per heavy atom. The fourth-order valence-corrected chi connectivity index (χ4v) is 2.25. The van der Waals surface area contributed by atoms with Gasteiger partial charge in [0, 0.05) is 6.54 Å². The van der Waals surface area contributed by atoms with Crippen LogP contribution >= 0.6 is 0 Å². The second-order valence-corrected chi connectivity index (χ2v) is 4.72. The van der Waals surface area contributed by atoms with Gasteiger partial charge in [0.25, 0.3) is 5.91 Å². The molecule has 0 saturated heterocycles. The second kappa shape index (κ2) is 6.61. The standard InChI is InChI=1S/C15H21NO4/c1-3-5-6-16-12-7-11(9-17)8-13(19-4-2)15(12)20-10-14(16)18/h7-8,17H,3-6,9-10H2,1-2H3. The molecular formula is C15H21NO4. The molecule has 1 aliphatic heterocycles. The number of unbranched alkanes of at least 4 members (excludes halogenated alkanes) is 1. The number of hydrogen-bond donors (Lipinski definition) is 1. The predicted octanol–water partition coefficient (Wildman–Crippen LogP) is 2.10. The number of carbonyl (C=O) groups excluding carboxylic acids is 1. The Bertz CT molecular complexity index is 487. The molecule has 1 aromatic rings. The molecule has 1 aromatic carbocycles. The van der Waals surface area contributed by atoms with Crippen molar-refractivity contribution in [2.45, 2.75) is 33.3 Å². The van der Waals surface area contributed by atoms with Crippen molar-refractivity contribution < 1.29 is 19.4 Å². The molecule has 2 rings (SSSR count). The van der Waals surface area contributed by atoms with Crippen molar-refractivity contribution in [1.82, 2.24) is 0 Å². The van der Waals surface area contributed by atoms with Crippen LogP contribution in [-0.2, 0) is 11.4 Å². The van der Waals surface area contributed by atoms with E-state index in [9.17, 15) is 9.90 Å². The van der Waals surface area contributed by atoms with Crippen LogP contribution < -0.4 is 14.4 Å². The van der Waals surface area contributed by atoms with Gasteiger partial charge in [0.1, 0.15) is 0 Å². The predicted molar refractivity (Wildman–Crippen MR) is 76.3 cm³/mol. The number of amides is 1. The Morgan fingerprint density at radius 3 is 2.85 bits per heavy atom. The minimum absolute atomic E-state index is 0.0370. The molecule has 0 bridgehead atoms. The van der Waals surface area contributed by atoms with Crippen LogP contribution in [0.15, 0.2) is 12.1 Å². The van der Waals surface area contributed by atoms with E-state index in [1.165, 1.54) is 0 Å². The zero-order valence-corrected chi connectivity index (χ0v) is 12.0. The Morgan fingerprint density at radius 1 is 1.40 bits per heavy atom. The number of carbonyl (C=O) groups is 1. The lowest BCUT2D eigenvalue weighted by molar-refractivity contribution is -0.121. The fraction of sp³-hybridized carbons (Fsp3) is 0.533. The SMILES string of the molecule is CCCCN1C(=O)COc2c(OCC)cc(CO)cc21. The summed E-state index contributed by atoms with van der Waals surface area (Å²) in [5.41, 5.74) is 1.41. The van der Waals surface area contributed by atoms with Gasteiger partial charge in [-0.1, -0.05) is 13.3 Å². The smallest absolute Gasteiger partial charge is 0.265 e. The van der Waals surface area contributed by atoms with Crippen molar-refractivity contribution in [2.24, 2.45) is 0 Å². The van der Waals surface area contributed by atoms with E-state index in [2.05, 4.69) is 6.92 Å². The average Bonchev–Trinajstić information content (AvgIpc) is 2.46. The maximum atomic E-state index is 12.0. The fourth-order valence-electron chi connectivity index (χ4n) is 2.25. The number of anilines is 1. The number of aliphatic hydroxyl groups excluding tert-OH is 1. The summed E-state index contributed by atoms with van der Waals surface area (Å²) in [5.74, 6) is 1.13. The second-order valence-electron chi connectivity index (χ2n) is 4.72. The molecular weight excluding hydrogens is 258 g/mol. The van der Waals surface area contributed by atoms with Gasteiger partial charge in [-0.15, -0.1) is 0 Å². The minimum Gasteiger partial charge on any atom is -0.490 e. The van der Waals surface area contributed by atoms with Gasteiger partial charge in [-0.05, 0) is 31.0 Å². The molecule has 0 atom stereocenters. The Hall–Kier alpha value is -1.75. The Kier molecular flexibility index (Phi) is 4.84. The maximum absolute atomic E-state index is 12.0. The van der Waals surface area contributed by atoms with E-state index in [-0.39, 0.29) is 19.1 Å². The third-order valence-electron chi connectivity index (χ3n) is 3.24. The normalized spacial score (nSPS) is 13.9. The number of hydrogen-bond acceptors (Lipinski definition) is 4. The lowest BCUT2D eigenvalue weighted by Crippen LogP contribution is -2.39. The summed E-state index contributed by atoms with van der Waals surface area (Å²) in [7, 11) is 0. The van der Waals surface area contributed by atoms with Gasteiger partial charge in [-0.3, -0.25) is 4.79 Å². The highest BCUT2D eigenvalue weighted by molar-refractivity contribution is 5.98. The van der Waals surface area contributed by atoms with Crippen molar-refractivity contribution in [2.75, 3.05) is 24.7 Å². The number of nitrogens with zero attached hydrogens (tertiary/aromatic N) is 1. The van der Waals surface area contributed by atoms with E-state index in [4.69, 9.17) is 9.47 Å². The molecule has 0 radical (unpaired) electrons. The lowest BCUT2D eigenvalue weighted by atomic mass is 10.1. The summed E-state index contributed by atoms with van der Waals surface area (Å²) in [4.78, 5) is 13.8. The minimum atomic E-state index is -0.0941. The van der Waals surface area contributed by atoms with Crippen LogP contribution in [0.2, 0.25) is 0 Å². The third-order valence-corrected chi connectivity index (χ3v) is 3.24. The highest BCUT2D eigenvalue weighted by Gasteiger charge is 2.28. The summed E-state index contributed by atoms with van der Waals surface area (Å²) in [5, 5.41) is 9.36. The van der Waals surface area contributed by atoms with Crippen LogP contribution in [0, 0.1) is 0 Å². The first-order valence-corrected chi connectivity index (χ1v) is 7.05. The number of ether oxygens (including phenoxy) is 2. The maximum Gasteiger partial charge on any atom is 0.265 e. The zero-order valence-electron chi connectivity index (χ0n) is 12.0. The van der Waals surface area contributed by atoms with Crippen LogP contribution in [0.5, 0.6) is 11.5 Å². The molecule has 0 spiro atoms. The van der Waals surface area contributed by atoms with Crippen molar-refractivity contribution in [1.29, 1.82) is 0 Å². The van der Waals surface area contributed by atoms with Crippen LogP contribution in [0.1, 0.15) is 32.3 Å². The van der Waals surface area contributed by atoms with Crippen LogP contribution in [0.4, 0.5) is 5.69 Å². The quantitative estimate of drug-likeness (QED) is 0.866. The number of aliphatic hydroxyl groups is 1. The molecule has 1 aliphatic rings. The van der Waals surface area contributed by atoms with Gasteiger partial charge in [0.2, 0.25) is 0 Å². The molecule has 1 heterocycles. The van der Waals surface area contributed by atoms with Crippen molar-refractivity contribution >= 4 is 11.6 Å². The number of benzene rings is 1. The van der Waals surface area contributed by atoms with E-state index in [0.29, 0.717) is 35.9 Å². The summed E-state index contributed by atoms with van der Waals surface area (Å²) in [6, 6.07) is 3.56. The van der Waals surface area contributed by atoms with Gasteiger partial charge >= 0.3 is 0 Å². The highest BCUT2D eigenvalue weighted by atomic mass is 16.5. The van der Waals surface area contributed by atoms with Crippen molar-refractivity contribution in [3.63, 3.8) is 0 Å².